The summed E-state index contributed by atoms with van der Waals surface area (Å²) in [6.45, 7) is 3.41. The molecule has 3 nitrogen and oxygen atoms in total. The Morgan fingerprint density at radius 1 is 1.30 bits per heavy atom. The van der Waals surface area contributed by atoms with E-state index in [9.17, 15) is 0 Å². The first-order valence-corrected chi connectivity index (χ1v) is 7.54. The van der Waals surface area contributed by atoms with Gasteiger partial charge in [0.25, 0.3) is 0 Å². The molecule has 1 unspecified atom stereocenters. The van der Waals surface area contributed by atoms with Crippen LogP contribution in [0.5, 0.6) is 0 Å². The zero-order valence-corrected chi connectivity index (χ0v) is 13.2. The van der Waals surface area contributed by atoms with Gasteiger partial charge in [0.05, 0.1) is 21.8 Å². The molecule has 1 heterocycles. The van der Waals surface area contributed by atoms with Gasteiger partial charge >= 0.3 is 0 Å². The largest absolute Gasteiger partial charge is 0.309 e. The van der Waals surface area contributed by atoms with E-state index in [4.69, 9.17) is 23.2 Å². The van der Waals surface area contributed by atoms with Crippen molar-refractivity contribution in [3.05, 3.63) is 52.3 Å². The normalized spacial score (nSPS) is 12.6. The van der Waals surface area contributed by atoms with Crippen LogP contribution in [-0.2, 0) is 20.0 Å². The summed E-state index contributed by atoms with van der Waals surface area (Å²) in [6.07, 6.45) is 0.842. The summed E-state index contributed by atoms with van der Waals surface area (Å²) in [4.78, 5) is 0. The highest BCUT2D eigenvalue weighted by atomic mass is 35.5. The van der Waals surface area contributed by atoms with Crippen LogP contribution in [0.4, 0.5) is 0 Å². The fraction of sp³-hybridized carbons (Fsp3) is 0.400. The molecule has 0 spiro atoms. The molecule has 2 aromatic rings. The molecule has 1 aromatic carbocycles. The molecule has 0 aliphatic carbocycles. The van der Waals surface area contributed by atoms with Crippen LogP contribution in [0.25, 0.3) is 0 Å². The number of halogens is 2. The highest BCUT2D eigenvalue weighted by molar-refractivity contribution is 6.31. The molecular weight excluding hydrogens is 293 g/mol. The van der Waals surface area contributed by atoms with Gasteiger partial charge in [-0.1, -0.05) is 48.9 Å². The first kappa shape index (κ1) is 15.4. The van der Waals surface area contributed by atoms with Crippen molar-refractivity contribution in [2.45, 2.75) is 25.3 Å². The topological polar surface area (TPSA) is 29.9 Å². The molecule has 2 rings (SSSR count). The number of benzene rings is 1. The molecule has 1 atom stereocenters. The average molecular weight is 312 g/mol. The number of hydrogen-bond acceptors (Lipinski definition) is 2. The Morgan fingerprint density at radius 2 is 2.00 bits per heavy atom. The molecule has 5 heteroatoms. The van der Waals surface area contributed by atoms with Crippen molar-refractivity contribution in [1.29, 1.82) is 0 Å². The van der Waals surface area contributed by atoms with E-state index in [0.29, 0.717) is 13.1 Å². The molecule has 108 valence electrons. The van der Waals surface area contributed by atoms with Crippen molar-refractivity contribution in [2.24, 2.45) is 7.05 Å². The van der Waals surface area contributed by atoms with Crippen molar-refractivity contribution >= 4 is 23.2 Å². The summed E-state index contributed by atoms with van der Waals surface area (Å²) in [6, 6.07) is 10.0. The number of nitrogens with one attached hydrogen (secondary N) is 1. The van der Waals surface area contributed by atoms with Crippen molar-refractivity contribution in [3.63, 3.8) is 0 Å². The SMILES string of the molecule is CCc1nn(C)c(CNCC(Cl)c2ccccc2)c1Cl. The molecule has 0 amide bonds. The maximum atomic E-state index is 6.37. The van der Waals surface area contributed by atoms with Crippen molar-refractivity contribution in [2.75, 3.05) is 6.54 Å². The monoisotopic (exact) mass is 311 g/mol. The van der Waals surface area contributed by atoms with Crippen molar-refractivity contribution in [3.8, 4) is 0 Å². The Morgan fingerprint density at radius 3 is 2.60 bits per heavy atom. The summed E-state index contributed by atoms with van der Waals surface area (Å²) < 4.78 is 1.83. The second-order valence-electron chi connectivity index (χ2n) is 4.69. The molecule has 0 bridgehead atoms. The Bertz CT molecular complexity index is 552. The maximum Gasteiger partial charge on any atom is 0.0863 e. The number of hydrogen-bond donors (Lipinski definition) is 1. The number of alkyl halides is 1. The molecule has 1 N–H and O–H groups in total. The Hall–Kier alpha value is -1.03. The summed E-state index contributed by atoms with van der Waals surface area (Å²) in [5, 5.41) is 8.45. The smallest absolute Gasteiger partial charge is 0.0863 e. The van der Waals surface area contributed by atoms with Gasteiger partial charge in [-0.2, -0.15) is 5.10 Å². The lowest BCUT2D eigenvalue weighted by molar-refractivity contribution is 0.617. The minimum atomic E-state index is -0.0474. The fourth-order valence-electron chi connectivity index (χ4n) is 2.11. The van der Waals surface area contributed by atoms with Gasteiger partial charge in [-0.3, -0.25) is 4.68 Å². The first-order chi connectivity index (χ1) is 9.63. The zero-order valence-electron chi connectivity index (χ0n) is 11.7. The summed E-state index contributed by atoms with van der Waals surface area (Å²) in [7, 11) is 1.91. The summed E-state index contributed by atoms with van der Waals surface area (Å²) >= 11 is 12.7. The average Bonchev–Trinajstić information content (AvgIpc) is 2.75. The molecule has 0 radical (unpaired) electrons. The van der Waals surface area contributed by atoms with Gasteiger partial charge in [-0.05, 0) is 12.0 Å². The molecule has 0 saturated heterocycles. The van der Waals surface area contributed by atoms with Gasteiger partial charge in [0.1, 0.15) is 0 Å². The van der Waals surface area contributed by atoms with E-state index in [1.165, 1.54) is 0 Å². The number of rotatable bonds is 6. The molecule has 0 aliphatic heterocycles. The van der Waals surface area contributed by atoms with Crippen LogP contribution >= 0.6 is 23.2 Å². The minimum Gasteiger partial charge on any atom is -0.309 e. The lowest BCUT2D eigenvalue weighted by atomic mass is 10.1. The third kappa shape index (κ3) is 3.54. The van der Waals surface area contributed by atoms with Crippen molar-refractivity contribution < 1.29 is 0 Å². The zero-order chi connectivity index (χ0) is 14.5. The minimum absolute atomic E-state index is 0.0474. The molecule has 0 aliphatic rings. The van der Waals surface area contributed by atoms with Crippen LogP contribution in [0, 0.1) is 0 Å². The van der Waals surface area contributed by atoms with E-state index < -0.39 is 0 Å². The van der Waals surface area contributed by atoms with Crippen LogP contribution in [0.3, 0.4) is 0 Å². The van der Waals surface area contributed by atoms with E-state index in [2.05, 4.69) is 17.3 Å². The fourth-order valence-corrected chi connectivity index (χ4v) is 2.72. The number of aromatic nitrogens is 2. The second-order valence-corrected chi connectivity index (χ2v) is 5.60. The summed E-state index contributed by atoms with van der Waals surface area (Å²) in [5.74, 6) is 0. The van der Waals surface area contributed by atoms with Crippen LogP contribution < -0.4 is 5.32 Å². The number of aryl methyl sites for hydroxylation is 2. The number of nitrogens with zero attached hydrogens (tertiary/aromatic N) is 2. The predicted octanol–water partition coefficient (Wildman–Crippen LogP) is 3.71. The van der Waals surface area contributed by atoms with Gasteiger partial charge in [-0.15, -0.1) is 11.6 Å². The molecule has 0 saturated carbocycles. The third-order valence-electron chi connectivity index (χ3n) is 3.28. The van der Waals surface area contributed by atoms with Gasteiger partial charge < -0.3 is 5.32 Å². The molecule has 0 fully saturated rings. The van der Waals surface area contributed by atoms with Gasteiger partial charge in [0, 0.05) is 20.1 Å². The predicted molar refractivity (Wildman–Crippen MR) is 84.3 cm³/mol. The molecule has 20 heavy (non-hydrogen) atoms. The van der Waals surface area contributed by atoms with Gasteiger partial charge in [0.15, 0.2) is 0 Å². The van der Waals surface area contributed by atoms with Crippen LogP contribution in [0.15, 0.2) is 30.3 Å². The quantitative estimate of drug-likeness (QED) is 0.824. The standard InChI is InChI=1S/C15H19Cl2N3/c1-3-13-15(17)14(20(2)19-13)10-18-9-12(16)11-7-5-4-6-8-11/h4-8,12,18H,3,9-10H2,1-2H3. The van der Waals surface area contributed by atoms with E-state index >= 15 is 0 Å². The lowest BCUT2D eigenvalue weighted by Gasteiger charge is -2.11. The lowest BCUT2D eigenvalue weighted by Crippen LogP contribution is -2.20. The highest BCUT2D eigenvalue weighted by Crippen LogP contribution is 2.22. The van der Waals surface area contributed by atoms with E-state index in [1.807, 2.05) is 42.1 Å². The first-order valence-electron chi connectivity index (χ1n) is 6.73. The molecule has 1 aromatic heterocycles. The van der Waals surface area contributed by atoms with Crippen LogP contribution in [0.2, 0.25) is 5.02 Å². The maximum absolute atomic E-state index is 6.37. The van der Waals surface area contributed by atoms with Crippen LogP contribution in [-0.4, -0.2) is 16.3 Å². The Kier molecular flexibility index (Phi) is 5.46. The highest BCUT2D eigenvalue weighted by Gasteiger charge is 2.13. The van der Waals surface area contributed by atoms with E-state index in [-0.39, 0.29) is 5.38 Å². The Balaban J connectivity index is 1.92. The summed E-state index contributed by atoms with van der Waals surface area (Å²) in [5.41, 5.74) is 3.06. The Labute approximate surface area is 129 Å². The van der Waals surface area contributed by atoms with Crippen LogP contribution in [0.1, 0.15) is 29.3 Å². The second kappa shape index (κ2) is 7.11. The van der Waals surface area contributed by atoms with Crippen molar-refractivity contribution in [1.82, 2.24) is 15.1 Å². The molecular formula is C15H19Cl2N3. The van der Waals surface area contributed by atoms with Gasteiger partial charge in [-0.25, -0.2) is 0 Å². The van der Waals surface area contributed by atoms with Gasteiger partial charge in [0.2, 0.25) is 0 Å². The third-order valence-corrected chi connectivity index (χ3v) is 4.12. The van der Waals surface area contributed by atoms with E-state index in [1.54, 1.807) is 0 Å². The van der Waals surface area contributed by atoms with E-state index in [0.717, 1.165) is 28.4 Å².